The number of halogens is 3. The van der Waals surface area contributed by atoms with Gasteiger partial charge in [0.2, 0.25) is 0 Å². The number of nitrogens with two attached hydrogens (primary N) is 1. The Morgan fingerprint density at radius 2 is 1.84 bits per heavy atom. The fraction of sp³-hybridized carbons (Fsp3) is 0.538. The summed E-state index contributed by atoms with van der Waals surface area (Å²) >= 11 is 3.47. The molecule has 1 nitrogen and oxygen atoms in total. The second-order valence-electron chi connectivity index (χ2n) is 4.71. The number of rotatable bonds is 2. The SMILES string of the molecule is CC1SCC(C(N)c2ccc(F)c(F)c2F)SC1C. The summed E-state index contributed by atoms with van der Waals surface area (Å²) in [6.07, 6.45) is 0. The fourth-order valence-corrected chi connectivity index (χ4v) is 5.03. The Kier molecular flexibility index (Phi) is 4.74. The lowest BCUT2D eigenvalue weighted by Crippen LogP contribution is -2.34. The molecule has 1 aliphatic rings. The molecule has 19 heavy (non-hydrogen) atoms. The van der Waals surface area contributed by atoms with Gasteiger partial charge in [0, 0.05) is 33.1 Å². The van der Waals surface area contributed by atoms with Gasteiger partial charge < -0.3 is 5.73 Å². The van der Waals surface area contributed by atoms with Gasteiger partial charge in [-0.15, -0.1) is 0 Å². The van der Waals surface area contributed by atoms with Crippen molar-refractivity contribution in [3.63, 3.8) is 0 Å². The van der Waals surface area contributed by atoms with Gasteiger partial charge in [0.25, 0.3) is 0 Å². The van der Waals surface area contributed by atoms with E-state index in [0.717, 1.165) is 11.8 Å². The largest absolute Gasteiger partial charge is 0.323 e. The van der Waals surface area contributed by atoms with Gasteiger partial charge in [-0.2, -0.15) is 23.5 Å². The maximum absolute atomic E-state index is 13.7. The van der Waals surface area contributed by atoms with Crippen molar-refractivity contribution < 1.29 is 13.2 Å². The third-order valence-corrected chi connectivity index (χ3v) is 6.91. The molecule has 1 aliphatic heterocycles. The normalized spacial score (nSPS) is 29.3. The van der Waals surface area contributed by atoms with Crippen molar-refractivity contribution >= 4 is 23.5 Å². The Hall–Kier alpha value is -0.330. The first kappa shape index (κ1) is 15.1. The lowest BCUT2D eigenvalue weighted by atomic mass is 10.0. The minimum Gasteiger partial charge on any atom is -0.323 e. The summed E-state index contributed by atoms with van der Waals surface area (Å²) in [5.74, 6) is -3.00. The molecule has 1 aromatic carbocycles. The fourth-order valence-electron chi connectivity index (χ4n) is 1.99. The first-order valence-electron chi connectivity index (χ1n) is 6.08. The van der Waals surface area contributed by atoms with Gasteiger partial charge in [0.1, 0.15) is 0 Å². The average molecular weight is 307 g/mol. The molecule has 0 saturated carbocycles. The van der Waals surface area contributed by atoms with E-state index in [0.29, 0.717) is 10.5 Å². The zero-order valence-electron chi connectivity index (χ0n) is 10.7. The van der Waals surface area contributed by atoms with Gasteiger partial charge in [-0.25, -0.2) is 13.2 Å². The van der Waals surface area contributed by atoms with Gasteiger partial charge >= 0.3 is 0 Å². The van der Waals surface area contributed by atoms with E-state index >= 15 is 0 Å². The number of hydrogen-bond donors (Lipinski definition) is 1. The Morgan fingerprint density at radius 1 is 1.16 bits per heavy atom. The monoisotopic (exact) mass is 307 g/mol. The topological polar surface area (TPSA) is 26.0 Å². The predicted octanol–water partition coefficient (Wildman–Crippen LogP) is 3.73. The van der Waals surface area contributed by atoms with Crippen LogP contribution in [0, 0.1) is 17.5 Å². The zero-order chi connectivity index (χ0) is 14.2. The minimum absolute atomic E-state index is 0.00978. The van der Waals surface area contributed by atoms with E-state index in [9.17, 15) is 13.2 Å². The van der Waals surface area contributed by atoms with E-state index in [1.165, 1.54) is 6.07 Å². The van der Waals surface area contributed by atoms with Gasteiger partial charge in [-0.3, -0.25) is 0 Å². The minimum atomic E-state index is -1.44. The van der Waals surface area contributed by atoms with E-state index in [1.807, 2.05) is 0 Å². The molecule has 0 aromatic heterocycles. The van der Waals surface area contributed by atoms with Crippen molar-refractivity contribution in [1.29, 1.82) is 0 Å². The van der Waals surface area contributed by atoms with E-state index in [4.69, 9.17) is 5.73 Å². The summed E-state index contributed by atoms with van der Waals surface area (Å²) in [4.78, 5) is 0. The molecular weight excluding hydrogens is 291 g/mol. The Labute approximate surface area is 119 Å². The Bertz CT molecular complexity index is 469. The highest BCUT2D eigenvalue weighted by Crippen LogP contribution is 2.40. The van der Waals surface area contributed by atoms with Crippen LogP contribution in [0.2, 0.25) is 0 Å². The Morgan fingerprint density at radius 3 is 2.47 bits per heavy atom. The van der Waals surface area contributed by atoms with E-state index in [-0.39, 0.29) is 10.8 Å². The second kappa shape index (κ2) is 5.97. The molecule has 1 aromatic rings. The van der Waals surface area contributed by atoms with E-state index in [1.54, 1.807) is 23.5 Å². The van der Waals surface area contributed by atoms with Crippen molar-refractivity contribution in [2.45, 2.75) is 35.6 Å². The Balaban J connectivity index is 2.20. The molecule has 1 heterocycles. The van der Waals surface area contributed by atoms with E-state index < -0.39 is 23.5 Å². The highest BCUT2D eigenvalue weighted by molar-refractivity contribution is 8.07. The summed E-state index contributed by atoms with van der Waals surface area (Å²) in [5, 5.41) is 0.932. The van der Waals surface area contributed by atoms with Crippen LogP contribution in [0.15, 0.2) is 12.1 Å². The first-order valence-corrected chi connectivity index (χ1v) is 8.07. The van der Waals surface area contributed by atoms with Crippen LogP contribution in [0.3, 0.4) is 0 Å². The second-order valence-corrected chi connectivity index (χ2v) is 7.74. The van der Waals surface area contributed by atoms with Crippen LogP contribution >= 0.6 is 23.5 Å². The molecule has 2 rings (SSSR count). The molecule has 1 fully saturated rings. The third-order valence-electron chi connectivity index (χ3n) is 3.40. The van der Waals surface area contributed by atoms with Crippen molar-refractivity contribution in [2.75, 3.05) is 5.75 Å². The van der Waals surface area contributed by atoms with Crippen LogP contribution in [-0.4, -0.2) is 21.5 Å². The maximum atomic E-state index is 13.7. The van der Waals surface area contributed by atoms with Crippen LogP contribution in [0.25, 0.3) is 0 Å². The zero-order valence-corrected chi connectivity index (χ0v) is 12.3. The van der Waals surface area contributed by atoms with Crippen molar-refractivity contribution in [1.82, 2.24) is 0 Å². The van der Waals surface area contributed by atoms with Crippen molar-refractivity contribution in [3.05, 3.63) is 35.1 Å². The standard InChI is InChI=1S/C13H16F3NS2/c1-6-7(2)19-10(5-18-6)13(17)8-3-4-9(14)12(16)11(8)15/h3-4,6-7,10,13H,5,17H2,1-2H3. The number of hydrogen-bond acceptors (Lipinski definition) is 3. The van der Waals surface area contributed by atoms with E-state index in [2.05, 4.69) is 13.8 Å². The molecule has 4 atom stereocenters. The number of benzene rings is 1. The summed E-state index contributed by atoms with van der Waals surface area (Å²) in [6.45, 7) is 4.24. The van der Waals surface area contributed by atoms with Crippen LogP contribution in [-0.2, 0) is 0 Å². The molecule has 0 radical (unpaired) electrons. The van der Waals surface area contributed by atoms with Gasteiger partial charge in [-0.05, 0) is 6.07 Å². The molecule has 4 unspecified atom stereocenters. The molecule has 0 spiro atoms. The molecule has 0 amide bonds. The van der Waals surface area contributed by atoms with Crippen molar-refractivity contribution in [3.8, 4) is 0 Å². The van der Waals surface area contributed by atoms with Crippen LogP contribution in [0.5, 0.6) is 0 Å². The summed E-state index contributed by atoms with van der Waals surface area (Å²) in [5.41, 5.74) is 6.09. The lowest BCUT2D eigenvalue weighted by Gasteiger charge is -2.34. The summed E-state index contributed by atoms with van der Waals surface area (Å²) in [6, 6.07) is 1.55. The molecule has 0 aliphatic carbocycles. The molecule has 1 saturated heterocycles. The average Bonchev–Trinajstić information content (AvgIpc) is 2.39. The van der Waals surface area contributed by atoms with Crippen LogP contribution < -0.4 is 5.73 Å². The summed E-state index contributed by atoms with van der Waals surface area (Å²) < 4.78 is 39.9. The first-order chi connectivity index (χ1) is 8.91. The predicted molar refractivity (Wildman–Crippen MR) is 76.0 cm³/mol. The molecular formula is C13H16F3NS2. The molecule has 0 bridgehead atoms. The number of thioether (sulfide) groups is 2. The molecule has 2 N–H and O–H groups in total. The molecule has 106 valence electrons. The highest BCUT2D eigenvalue weighted by Gasteiger charge is 2.32. The lowest BCUT2D eigenvalue weighted by molar-refractivity contribution is 0.435. The van der Waals surface area contributed by atoms with Gasteiger partial charge in [0.15, 0.2) is 17.5 Å². The maximum Gasteiger partial charge on any atom is 0.194 e. The third kappa shape index (κ3) is 3.06. The van der Waals surface area contributed by atoms with Gasteiger partial charge in [0.05, 0.1) is 0 Å². The van der Waals surface area contributed by atoms with Crippen LogP contribution in [0.1, 0.15) is 25.5 Å². The summed E-state index contributed by atoms with van der Waals surface area (Å²) in [7, 11) is 0. The quantitative estimate of drug-likeness (QED) is 0.843. The van der Waals surface area contributed by atoms with Crippen molar-refractivity contribution in [2.24, 2.45) is 5.73 Å². The smallest absolute Gasteiger partial charge is 0.194 e. The van der Waals surface area contributed by atoms with Gasteiger partial charge in [-0.1, -0.05) is 19.9 Å². The molecule has 6 heteroatoms. The van der Waals surface area contributed by atoms with Crippen LogP contribution in [0.4, 0.5) is 13.2 Å². The highest BCUT2D eigenvalue weighted by atomic mass is 32.2.